The predicted octanol–water partition coefficient (Wildman–Crippen LogP) is 3.76. The number of rotatable bonds is 3. The number of aryl methyl sites for hydroxylation is 1. The van der Waals surface area contributed by atoms with Gasteiger partial charge in [0.1, 0.15) is 5.82 Å². The third kappa shape index (κ3) is 2.88. The average molecular weight is 303 g/mol. The molecule has 2 aromatic rings. The molecule has 0 aliphatic carbocycles. The van der Waals surface area contributed by atoms with E-state index in [4.69, 9.17) is 9.52 Å². The molecule has 1 N–H and O–H groups in total. The van der Waals surface area contributed by atoms with Gasteiger partial charge in [-0.2, -0.15) is 13.2 Å². The van der Waals surface area contributed by atoms with E-state index in [1.807, 2.05) is 0 Å². The highest BCUT2D eigenvalue weighted by Gasteiger charge is 2.32. The van der Waals surface area contributed by atoms with Gasteiger partial charge in [0.15, 0.2) is 0 Å². The molecule has 0 spiro atoms. The third-order valence-corrected chi connectivity index (χ3v) is 2.75. The van der Waals surface area contributed by atoms with Crippen LogP contribution in [0.25, 0.3) is 11.5 Å². The number of carboxylic acid groups (broad SMARTS) is 1. The van der Waals surface area contributed by atoms with Gasteiger partial charge in [0.2, 0.25) is 11.7 Å². The van der Waals surface area contributed by atoms with Crippen molar-refractivity contribution < 1.29 is 31.9 Å². The summed E-state index contributed by atoms with van der Waals surface area (Å²) in [7, 11) is 0. The molecule has 0 radical (unpaired) electrons. The van der Waals surface area contributed by atoms with Crippen molar-refractivity contribution in [1.29, 1.82) is 0 Å². The zero-order chi connectivity index (χ0) is 15.8. The normalized spacial score (nSPS) is 11.7. The number of halogens is 4. The molecule has 0 aliphatic heterocycles. The minimum Gasteiger partial charge on any atom is -0.475 e. The van der Waals surface area contributed by atoms with Crippen LogP contribution < -0.4 is 0 Å². The molecule has 0 aliphatic rings. The molecule has 1 aromatic heterocycles. The molecule has 112 valence electrons. The van der Waals surface area contributed by atoms with E-state index in [0.29, 0.717) is 18.2 Å². The number of alkyl halides is 3. The first kappa shape index (κ1) is 15.0. The van der Waals surface area contributed by atoms with Crippen molar-refractivity contribution >= 4 is 5.97 Å². The second-order valence-electron chi connectivity index (χ2n) is 4.15. The molecule has 4 nitrogen and oxygen atoms in total. The molecule has 1 heterocycles. The largest absolute Gasteiger partial charge is 0.475 e. The minimum atomic E-state index is -4.65. The lowest BCUT2D eigenvalue weighted by atomic mass is 10.1. The summed E-state index contributed by atoms with van der Waals surface area (Å²) in [6.45, 7) is 1.59. The fraction of sp³-hybridized carbons (Fsp3) is 0.231. The Bertz CT molecular complexity index is 691. The number of hydrogen-bond donors (Lipinski definition) is 1. The summed E-state index contributed by atoms with van der Waals surface area (Å²) in [5.74, 6) is -3.40. The lowest BCUT2D eigenvalue weighted by Gasteiger charge is -2.07. The summed E-state index contributed by atoms with van der Waals surface area (Å²) < 4.78 is 56.4. The first-order chi connectivity index (χ1) is 9.74. The molecule has 1 aromatic carbocycles. The van der Waals surface area contributed by atoms with Crippen LogP contribution in [-0.2, 0) is 12.6 Å². The van der Waals surface area contributed by atoms with Crippen molar-refractivity contribution in [2.75, 3.05) is 0 Å². The second kappa shape index (κ2) is 5.19. The van der Waals surface area contributed by atoms with Crippen LogP contribution in [0.3, 0.4) is 0 Å². The van der Waals surface area contributed by atoms with E-state index in [2.05, 4.69) is 4.98 Å². The summed E-state index contributed by atoms with van der Waals surface area (Å²) in [6.07, 6.45) is -4.47. The van der Waals surface area contributed by atoms with E-state index < -0.39 is 40.7 Å². The predicted molar refractivity (Wildman–Crippen MR) is 63.2 cm³/mol. The van der Waals surface area contributed by atoms with Gasteiger partial charge < -0.3 is 9.52 Å². The van der Waals surface area contributed by atoms with E-state index in [0.717, 1.165) is 0 Å². The first-order valence-electron chi connectivity index (χ1n) is 5.84. The average Bonchev–Trinajstić information content (AvgIpc) is 2.82. The highest BCUT2D eigenvalue weighted by Crippen LogP contribution is 2.33. The Morgan fingerprint density at radius 1 is 1.38 bits per heavy atom. The quantitative estimate of drug-likeness (QED) is 0.877. The second-order valence-corrected chi connectivity index (χ2v) is 4.15. The van der Waals surface area contributed by atoms with Crippen molar-refractivity contribution in [2.45, 2.75) is 19.5 Å². The molecule has 0 atom stereocenters. The Kier molecular flexibility index (Phi) is 3.71. The number of aromatic nitrogens is 1. The van der Waals surface area contributed by atoms with Crippen molar-refractivity contribution in [2.24, 2.45) is 0 Å². The zero-order valence-electron chi connectivity index (χ0n) is 10.7. The summed E-state index contributed by atoms with van der Waals surface area (Å²) in [4.78, 5) is 14.7. The SMILES string of the molecule is CCc1nc(-c2cc(C(F)(F)F)ccc2F)oc1C(=O)O. The van der Waals surface area contributed by atoms with Crippen LogP contribution in [0.4, 0.5) is 17.6 Å². The highest BCUT2D eigenvalue weighted by atomic mass is 19.4. The van der Waals surface area contributed by atoms with Gasteiger partial charge in [0.25, 0.3) is 0 Å². The van der Waals surface area contributed by atoms with E-state index in [1.165, 1.54) is 0 Å². The van der Waals surface area contributed by atoms with Crippen LogP contribution >= 0.6 is 0 Å². The third-order valence-electron chi connectivity index (χ3n) is 2.75. The van der Waals surface area contributed by atoms with E-state index in [1.54, 1.807) is 6.92 Å². The van der Waals surface area contributed by atoms with Crippen LogP contribution in [-0.4, -0.2) is 16.1 Å². The Hall–Kier alpha value is -2.38. The molecular weight excluding hydrogens is 294 g/mol. The van der Waals surface area contributed by atoms with Gasteiger partial charge >= 0.3 is 12.1 Å². The van der Waals surface area contributed by atoms with Crippen LogP contribution in [0, 0.1) is 5.82 Å². The van der Waals surface area contributed by atoms with Gasteiger partial charge in [-0.3, -0.25) is 0 Å². The fourth-order valence-corrected chi connectivity index (χ4v) is 1.74. The van der Waals surface area contributed by atoms with Gasteiger partial charge in [-0.1, -0.05) is 6.92 Å². The lowest BCUT2D eigenvalue weighted by molar-refractivity contribution is -0.137. The van der Waals surface area contributed by atoms with Crippen LogP contribution in [0.15, 0.2) is 22.6 Å². The summed E-state index contributed by atoms with van der Waals surface area (Å²) in [6, 6.07) is 1.75. The Labute approximate surface area is 116 Å². The van der Waals surface area contributed by atoms with Crippen molar-refractivity contribution in [3.8, 4) is 11.5 Å². The van der Waals surface area contributed by atoms with Crippen molar-refractivity contribution in [3.63, 3.8) is 0 Å². The molecule has 0 saturated carbocycles. The number of hydrogen-bond acceptors (Lipinski definition) is 3. The lowest BCUT2D eigenvalue weighted by Crippen LogP contribution is -2.05. The van der Waals surface area contributed by atoms with Crippen LogP contribution in [0.2, 0.25) is 0 Å². The zero-order valence-corrected chi connectivity index (χ0v) is 10.7. The Morgan fingerprint density at radius 2 is 2.05 bits per heavy atom. The summed E-state index contributed by atoms with van der Waals surface area (Å²) >= 11 is 0. The highest BCUT2D eigenvalue weighted by molar-refractivity contribution is 5.86. The Balaban J connectivity index is 2.59. The molecule has 0 fully saturated rings. The smallest absolute Gasteiger partial charge is 0.416 e. The van der Waals surface area contributed by atoms with Crippen LogP contribution in [0.1, 0.15) is 28.7 Å². The van der Waals surface area contributed by atoms with Crippen LogP contribution in [0.5, 0.6) is 0 Å². The number of nitrogens with zero attached hydrogens (tertiary/aromatic N) is 1. The standard InChI is InChI=1S/C13H9F4NO3/c1-2-9-10(12(19)20)21-11(18-9)7-5-6(13(15,16)17)3-4-8(7)14/h3-5H,2H2,1H3,(H,19,20). The summed E-state index contributed by atoms with van der Waals surface area (Å²) in [5, 5.41) is 8.90. The topological polar surface area (TPSA) is 63.3 Å². The van der Waals surface area contributed by atoms with Gasteiger partial charge in [0, 0.05) is 0 Å². The first-order valence-corrected chi connectivity index (χ1v) is 5.84. The molecule has 0 saturated heterocycles. The van der Waals surface area contributed by atoms with E-state index >= 15 is 0 Å². The maximum absolute atomic E-state index is 13.7. The number of aromatic carboxylic acids is 1. The van der Waals surface area contributed by atoms with Gasteiger partial charge in [0.05, 0.1) is 16.8 Å². The molecule has 8 heteroatoms. The molecule has 21 heavy (non-hydrogen) atoms. The number of carbonyl (C=O) groups is 1. The maximum atomic E-state index is 13.7. The number of carboxylic acids is 1. The van der Waals surface area contributed by atoms with Gasteiger partial charge in [-0.05, 0) is 24.6 Å². The van der Waals surface area contributed by atoms with E-state index in [9.17, 15) is 22.4 Å². The molecule has 0 unspecified atom stereocenters. The summed E-state index contributed by atoms with van der Waals surface area (Å²) in [5.41, 5.74) is -1.58. The molecule has 0 bridgehead atoms. The van der Waals surface area contributed by atoms with Gasteiger partial charge in [-0.15, -0.1) is 0 Å². The van der Waals surface area contributed by atoms with Crippen molar-refractivity contribution in [1.82, 2.24) is 4.98 Å². The molecule has 2 rings (SSSR count). The minimum absolute atomic E-state index is 0.0364. The number of oxazole rings is 1. The monoisotopic (exact) mass is 303 g/mol. The molecule has 0 amide bonds. The fourth-order valence-electron chi connectivity index (χ4n) is 1.74. The molecular formula is C13H9F4NO3. The van der Waals surface area contributed by atoms with E-state index in [-0.39, 0.29) is 12.1 Å². The van der Waals surface area contributed by atoms with Crippen molar-refractivity contribution in [3.05, 3.63) is 41.0 Å². The maximum Gasteiger partial charge on any atom is 0.416 e. The van der Waals surface area contributed by atoms with Gasteiger partial charge in [-0.25, -0.2) is 14.2 Å². The number of benzene rings is 1. The Morgan fingerprint density at radius 3 is 2.52 bits per heavy atom.